The molecule has 2 amide bonds. The highest BCUT2D eigenvalue weighted by Crippen LogP contribution is 2.26. The molecule has 3 aromatic carbocycles. The van der Waals surface area contributed by atoms with Gasteiger partial charge in [-0.3, -0.25) is 4.90 Å². The number of piperazine rings is 1. The Hall–Kier alpha value is -3.71. The molecule has 0 bridgehead atoms. The van der Waals surface area contributed by atoms with E-state index < -0.39 is 0 Å². The lowest BCUT2D eigenvalue weighted by Crippen LogP contribution is -2.46. The highest BCUT2D eigenvalue weighted by Gasteiger charge is 2.29. The van der Waals surface area contributed by atoms with Crippen LogP contribution < -0.4 is 19.4 Å². The molecule has 3 aromatic rings. The van der Waals surface area contributed by atoms with Gasteiger partial charge in [0.25, 0.3) is 0 Å². The van der Waals surface area contributed by atoms with E-state index >= 15 is 0 Å². The Balaban J connectivity index is 1.09. The quantitative estimate of drug-likeness (QED) is 0.369. The summed E-state index contributed by atoms with van der Waals surface area (Å²) in [6.45, 7) is 11.1. The van der Waals surface area contributed by atoms with Crippen molar-refractivity contribution in [3.05, 3.63) is 84.4 Å². The minimum atomic E-state index is 0.0650. The second-order valence-corrected chi connectivity index (χ2v) is 10.1. The summed E-state index contributed by atoms with van der Waals surface area (Å²) < 4.78 is 11.5. The van der Waals surface area contributed by atoms with E-state index in [1.165, 1.54) is 16.9 Å². The molecule has 0 atom stereocenters. The van der Waals surface area contributed by atoms with Crippen molar-refractivity contribution in [2.24, 2.45) is 0 Å². The number of carbonyl (C=O) groups excluding carboxylic acids is 1. The number of hydrogen-bond donors (Lipinski definition) is 0. The third-order valence-corrected chi connectivity index (χ3v) is 7.16. The molecule has 0 aliphatic carbocycles. The maximum absolute atomic E-state index is 12.8. The van der Waals surface area contributed by atoms with Gasteiger partial charge in [0.05, 0.1) is 12.7 Å². The lowest BCUT2D eigenvalue weighted by Gasteiger charge is -2.37. The van der Waals surface area contributed by atoms with Crippen LogP contribution in [0, 0.1) is 0 Å². The first-order valence-corrected chi connectivity index (χ1v) is 13.6. The van der Waals surface area contributed by atoms with E-state index in [1.807, 2.05) is 41.8 Å². The third kappa shape index (κ3) is 6.40. The van der Waals surface area contributed by atoms with Gasteiger partial charge in [-0.25, -0.2) is 4.79 Å². The van der Waals surface area contributed by atoms with E-state index in [-0.39, 0.29) is 12.1 Å². The fourth-order valence-corrected chi connectivity index (χ4v) is 4.99. The number of anilines is 3. The van der Waals surface area contributed by atoms with Crippen molar-refractivity contribution >= 4 is 23.1 Å². The predicted octanol–water partition coefficient (Wildman–Crippen LogP) is 5.26. The second kappa shape index (κ2) is 12.2. The van der Waals surface area contributed by atoms with Crippen LogP contribution in [0.1, 0.15) is 19.4 Å². The molecule has 0 saturated carbocycles. The van der Waals surface area contributed by atoms with Crippen molar-refractivity contribution in [2.75, 3.05) is 67.1 Å². The van der Waals surface area contributed by atoms with E-state index in [2.05, 4.69) is 70.5 Å². The van der Waals surface area contributed by atoms with Crippen LogP contribution >= 0.6 is 0 Å². The Labute approximate surface area is 226 Å². The van der Waals surface area contributed by atoms with E-state index in [0.29, 0.717) is 26.3 Å². The molecule has 0 unspecified atom stereocenters. The van der Waals surface area contributed by atoms with Crippen LogP contribution in [0.3, 0.4) is 0 Å². The molecule has 38 heavy (non-hydrogen) atoms. The first-order valence-electron chi connectivity index (χ1n) is 13.6. The molecule has 0 N–H and O–H groups in total. The van der Waals surface area contributed by atoms with Crippen LogP contribution in [-0.4, -0.2) is 69.5 Å². The Bertz CT molecular complexity index is 1160. The Morgan fingerprint density at radius 1 is 0.711 bits per heavy atom. The molecule has 2 fully saturated rings. The first kappa shape index (κ1) is 25.9. The van der Waals surface area contributed by atoms with Gasteiger partial charge in [-0.1, -0.05) is 30.3 Å². The Morgan fingerprint density at radius 2 is 1.29 bits per heavy atom. The minimum Gasteiger partial charge on any atom is -0.489 e. The van der Waals surface area contributed by atoms with Crippen molar-refractivity contribution in [2.45, 2.75) is 26.6 Å². The van der Waals surface area contributed by atoms with Gasteiger partial charge in [0.2, 0.25) is 0 Å². The first-order chi connectivity index (χ1) is 18.6. The number of amides is 2. The molecule has 0 radical (unpaired) electrons. The average Bonchev–Trinajstić information content (AvgIpc) is 3.32. The Kier molecular flexibility index (Phi) is 8.34. The molecule has 2 aliphatic heterocycles. The zero-order valence-corrected chi connectivity index (χ0v) is 22.5. The van der Waals surface area contributed by atoms with Gasteiger partial charge < -0.3 is 24.2 Å². The standard InChI is InChI=1S/C31H38N4O3/c1-25(2)37-23-22-34-20-21-35(31(34)36)29-10-8-27(9-11-29)32-16-18-33(19-17-32)28-12-14-30(15-13-28)38-24-26-6-4-3-5-7-26/h3-15,25H,16-24H2,1-2H3. The summed E-state index contributed by atoms with van der Waals surface area (Å²) >= 11 is 0. The van der Waals surface area contributed by atoms with Gasteiger partial charge in [-0.2, -0.15) is 0 Å². The maximum Gasteiger partial charge on any atom is 0.324 e. The fourth-order valence-electron chi connectivity index (χ4n) is 4.99. The lowest BCUT2D eigenvalue weighted by molar-refractivity contribution is 0.0679. The van der Waals surface area contributed by atoms with Gasteiger partial charge >= 0.3 is 6.03 Å². The number of carbonyl (C=O) groups is 1. The van der Waals surface area contributed by atoms with Crippen molar-refractivity contribution in [1.82, 2.24) is 4.90 Å². The van der Waals surface area contributed by atoms with Crippen LogP contribution in [0.5, 0.6) is 5.75 Å². The lowest BCUT2D eigenvalue weighted by atomic mass is 10.2. The molecule has 2 saturated heterocycles. The van der Waals surface area contributed by atoms with Crippen LogP contribution in [0.15, 0.2) is 78.9 Å². The summed E-state index contributed by atoms with van der Waals surface area (Å²) in [5, 5.41) is 0. The number of ether oxygens (including phenoxy) is 2. The monoisotopic (exact) mass is 514 g/mol. The van der Waals surface area contributed by atoms with E-state index in [1.54, 1.807) is 0 Å². The molecule has 0 spiro atoms. The molecule has 2 aliphatic rings. The summed E-state index contributed by atoms with van der Waals surface area (Å²) in [5.74, 6) is 0.889. The number of nitrogens with zero attached hydrogens (tertiary/aromatic N) is 4. The zero-order valence-electron chi connectivity index (χ0n) is 22.5. The van der Waals surface area contributed by atoms with Gasteiger partial charge in [-0.05, 0) is 67.9 Å². The molecular formula is C31H38N4O3. The van der Waals surface area contributed by atoms with Crippen LogP contribution in [0.2, 0.25) is 0 Å². The average molecular weight is 515 g/mol. The molecule has 200 valence electrons. The van der Waals surface area contributed by atoms with Crippen LogP contribution in [-0.2, 0) is 11.3 Å². The van der Waals surface area contributed by atoms with Crippen LogP contribution in [0.4, 0.5) is 21.9 Å². The number of urea groups is 1. The highest BCUT2D eigenvalue weighted by molar-refractivity contribution is 5.94. The second-order valence-electron chi connectivity index (χ2n) is 10.1. The minimum absolute atomic E-state index is 0.0650. The highest BCUT2D eigenvalue weighted by atomic mass is 16.5. The van der Waals surface area contributed by atoms with Gasteiger partial charge in [0.15, 0.2) is 0 Å². The SMILES string of the molecule is CC(C)OCCN1CCN(c2ccc(N3CCN(c4ccc(OCc5ccccc5)cc4)CC3)cc2)C1=O. The molecule has 7 heteroatoms. The summed E-state index contributed by atoms with van der Waals surface area (Å²) in [7, 11) is 0. The van der Waals surface area contributed by atoms with Gasteiger partial charge in [-0.15, -0.1) is 0 Å². The number of rotatable bonds is 10. The maximum atomic E-state index is 12.8. The van der Waals surface area contributed by atoms with Crippen LogP contribution in [0.25, 0.3) is 0 Å². The number of benzene rings is 3. The van der Waals surface area contributed by atoms with Crippen molar-refractivity contribution < 1.29 is 14.3 Å². The van der Waals surface area contributed by atoms with E-state index in [0.717, 1.165) is 44.2 Å². The molecular weight excluding hydrogens is 476 g/mol. The van der Waals surface area contributed by atoms with E-state index in [4.69, 9.17) is 9.47 Å². The van der Waals surface area contributed by atoms with Gasteiger partial charge in [0.1, 0.15) is 12.4 Å². The smallest absolute Gasteiger partial charge is 0.324 e. The molecule has 5 rings (SSSR count). The Morgan fingerprint density at radius 3 is 1.89 bits per heavy atom. The topological polar surface area (TPSA) is 48.5 Å². The summed E-state index contributed by atoms with van der Waals surface area (Å²) in [4.78, 5) is 21.4. The zero-order chi connectivity index (χ0) is 26.3. The summed E-state index contributed by atoms with van der Waals surface area (Å²) in [6, 6.07) is 27.1. The number of hydrogen-bond acceptors (Lipinski definition) is 5. The summed E-state index contributed by atoms with van der Waals surface area (Å²) in [5.41, 5.74) is 4.55. The van der Waals surface area contributed by atoms with E-state index in [9.17, 15) is 4.79 Å². The molecule has 0 aromatic heterocycles. The van der Waals surface area contributed by atoms with Gasteiger partial charge in [0, 0.05) is 62.9 Å². The largest absolute Gasteiger partial charge is 0.489 e. The molecule has 2 heterocycles. The van der Waals surface area contributed by atoms with Crippen molar-refractivity contribution in [1.29, 1.82) is 0 Å². The normalized spacial score (nSPS) is 16.0. The molecule has 7 nitrogen and oxygen atoms in total. The van der Waals surface area contributed by atoms with Crippen molar-refractivity contribution in [3.8, 4) is 5.75 Å². The predicted molar refractivity (Wildman–Crippen MR) is 153 cm³/mol. The third-order valence-electron chi connectivity index (χ3n) is 7.16. The summed E-state index contributed by atoms with van der Waals surface area (Å²) in [6.07, 6.45) is 0.184. The fraction of sp³-hybridized carbons (Fsp3) is 0.387. The van der Waals surface area contributed by atoms with Crippen molar-refractivity contribution in [3.63, 3.8) is 0 Å².